The van der Waals surface area contributed by atoms with Crippen LogP contribution in [0.15, 0.2) is 36.5 Å². The number of carbonyl (C=O) groups is 3. The Balaban J connectivity index is 0.000000149. The average Bonchev–Trinajstić information content (AvgIpc) is 1.65. The topological polar surface area (TPSA) is 140 Å². The third-order valence-electron chi connectivity index (χ3n) is 42.1. The number of fused-ring (bicyclic) bond motifs is 21. The van der Waals surface area contributed by atoms with Crippen molar-refractivity contribution < 1.29 is 43.9 Å². The number of hydrogen-bond acceptors (Lipinski definition) is 9. The van der Waals surface area contributed by atoms with Crippen LogP contribution in [0.1, 0.15) is 377 Å². The second-order valence-corrected chi connectivity index (χ2v) is 47.2. The normalized spacial score (nSPS) is 49.4. The van der Waals surface area contributed by atoms with Crippen molar-refractivity contribution in [2.45, 2.75) is 389 Å². The smallest absolute Gasteiger partial charge is 0.305 e. The van der Waals surface area contributed by atoms with Gasteiger partial charge in [-0.15, -0.1) is 0 Å². The second-order valence-electron chi connectivity index (χ2n) is 47.2. The molecule has 0 aromatic carbocycles. The van der Waals surface area contributed by atoms with Crippen LogP contribution in [0.4, 0.5) is 0 Å². The van der Waals surface area contributed by atoms with E-state index >= 15 is 0 Å². The molecule has 0 heterocycles. The summed E-state index contributed by atoms with van der Waals surface area (Å²) >= 11 is 0. The Bertz CT molecular complexity index is 3380. The van der Waals surface area contributed by atoms with Crippen molar-refractivity contribution in [2.75, 3.05) is 26.4 Å². The van der Waals surface area contributed by atoms with Gasteiger partial charge >= 0.3 is 11.9 Å². The van der Waals surface area contributed by atoms with E-state index in [1.165, 1.54) is 203 Å². The Morgan fingerprint density at radius 2 is 0.721 bits per heavy atom. The quantitative estimate of drug-likeness (QED) is 0.0481. The van der Waals surface area contributed by atoms with Crippen molar-refractivity contribution in [2.24, 2.45) is 170 Å². The third kappa shape index (κ3) is 13.6. The van der Waals surface area contributed by atoms with E-state index in [1.807, 2.05) is 6.92 Å². The summed E-state index contributed by atoms with van der Waals surface area (Å²) in [6.07, 6.45) is 42.9. The fraction of sp³-hybridized carbons (Fsp3) is 0.912. The van der Waals surface area contributed by atoms with Crippen LogP contribution in [-0.4, -0.2) is 72.4 Å². The van der Waals surface area contributed by atoms with Gasteiger partial charge in [-0.25, -0.2) is 0 Å². The van der Waals surface area contributed by atoms with E-state index in [1.54, 1.807) is 0 Å². The summed E-state index contributed by atoms with van der Waals surface area (Å²) in [4.78, 5) is 34.3. The van der Waals surface area contributed by atoms with Gasteiger partial charge in [0.05, 0.1) is 32.0 Å². The van der Waals surface area contributed by atoms with Crippen molar-refractivity contribution in [1.82, 2.24) is 0 Å². The number of rotatable bonds is 15. The first-order valence-electron chi connectivity index (χ1n) is 47.2. The maximum absolute atomic E-state index is 12.5. The van der Waals surface area contributed by atoms with Crippen LogP contribution in [0.3, 0.4) is 0 Å². The lowest BCUT2D eigenvalue weighted by atomic mass is 9.32. The van der Waals surface area contributed by atoms with Gasteiger partial charge in [0.25, 0.3) is 6.47 Å². The molecule has 9 heteroatoms. The molecule has 29 atom stereocenters. The van der Waals surface area contributed by atoms with Crippen molar-refractivity contribution in [1.29, 1.82) is 0 Å². The molecule has 632 valence electrons. The molecule has 15 fully saturated rings. The number of aliphatic hydroxyl groups is 3. The fourth-order valence-electron chi connectivity index (χ4n) is 35.9. The van der Waals surface area contributed by atoms with Crippen LogP contribution in [0.2, 0.25) is 0 Å². The van der Waals surface area contributed by atoms with Gasteiger partial charge in [-0.05, 0) is 392 Å². The van der Waals surface area contributed by atoms with Crippen molar-refractivity contribution in [3.63, 3.8) is 0 Å². The van der Waals surface area contributed by atoms with Gasteiger partial charge in [-0.2, -0.15) is 0 Å². The minimum atomic E-state index is -0.164. The first-order valence-corrected chi connectivity index (χ1v) is 47.2. The highest BCUT2D eigenvalue weighted by atomic mass is 16.5. The molecule has 9 nitrogen and oxygen atoms in total. The lowest BCUT2D eigenvalue weighted by Gasteiger charge is -2.73. The van der Waals surface area contributed by atoms with Gasteiger partial charge < -0.3 is 29.5 Å². The van der Waals surface area contributed by atoms with Gasteiger partial charge in [-0.3, -0.25) is 14.4 Å². The predicted molar refractivity (Wildman–Crippen MR) is 455 cm³/mol. The molecule has 15 aliphatic carbocycles. The molecule has 0 radical (unpaired) electrons. The molecule has 15 aliphatic rings. The summed E-state index contributed by atoms with van der Waals surface area (Å²) in [6, 6.07) is 0. The van der Waals surface area contributed by atoms with Crippen LogP contribution < -0.4 is 0 Å². The molecule has 15 saturated carbocycles. The highest BCUT2D eigenvalue weighted by molar-refractivity contribution is 5.69. The Hall–Kier alpha value is -2.49. The van der Waals surface area contributed by atoms with Gasteiger partial charge in [-0.1, -0.05) is 168 Å². The molecular weight excluding hydrogens is 1370 g/mol. The van der Waals surface area contributed by atoms with Crippen LogP contribution >= 0.6 is 0 Å². The number of carbonyl (C=O) groups excluding carboxylic acids is 3. The SMILES string of the molecule is C=C(C)[C@@H]1CC[C@]2(CO)CC[C@]3(C)[C@H](CC[C@@H]4[C@@]5(C)CC[C@H](O)C(C)(C)[C@@H]5CC[C@]43C)[C@@H]12.C=C(C)[C@@H]1CC[C@]2(COC(=O)CCC)CC[C@]3(C)[C@H](CC[C@@H]4[C@@]5(C)CCCC(C)(C)[C@@H]5CC[C@]43C)[C@@H]12.C=C(C)[C@@H]1CC[C@]2(COC(=O)CCC)CC[C@]3(C)[C@H](CC[C@@H]4[C@@]5(C)CC[C@H](O)C(C)(C)[C@@H]5CC[C@]43C)[C@@H]12.CCCOC=O. The van der Waals surface area contributed by atoms with E-state index in [2.05, 4.69) is 163 Å². The van der Waals surface area contributed by atoms with Gasteiger partial charge in [0.1, 0.15) is 0 Å². The van der Waals surface area contributed by atoms with Crippen molar-refractivity contribution >= 4 is 18.4 Å². The number of allylic oxidation sites excluding steroid dienone is 3. The molecule has 0 saturated heterocycles. The zero-order valence-electron chi connectivity index (χ0n) is 75.6. The number of ether oxygens (including phenoxy) is 3. The van der Waals surface area contributed by atoms with E-state index in [0.717, 1.165) is 67.6 Å². The molecule has 0 amide bonds. The molecule has 0 unspecified atom stereocenters. The third-order valence-corrected chi connectivity index (χ3v) is 42.1. The summed E-state index contributed by atoms with van der Waals surface area (Å²) in [7, 11) is 0. The van der Waals surface area contributed by atoms with E-state index in [9.17, 15) is 29.7 Å². The van der Waals surface area contributed by atoms with E-state index in [-0.39, 0.29) is 51.2 Å². The van der Waals surface area contributed by atoms with Crippen LogP contribution in [0.5, 0.6) is 0 Å². The van der Waals surface area contributed by atoms with Crippen LogP contribution in [-0.2, 0) is 28.6 Å². The minimum absolute atomic E-state index is 0.00661. The summed E-state index contributed by atoms with van der Waals surface area (Å²) < 4.78 is 16.4. The van der Waals surface area contributed by atoms with Gasteiger partial charge in [0.15, 0.2) is 0 Å². The maximum atomic E-state index is 12.5. The summed E-state index contributed by atoms with van der Waals surface area (Å²) in [5.41, 5.74) is 8.39. The number of hydrogen-bond donors (Lipinski definition) is 3. The molecule has 0 spiro atoms. The molecule has 0 aromatic heterocycles. The van der Waals surface area contributed by atoms with Gasteiger partial charge in [0, 0.05) is 30.3 Å². The van der Waals surface area contributed by atoms with E-state index in [4.69, 9.17) is 9.47 Å². The monoisotopic (exact) mass is 1540 g/mol. The number of aliphatic hydroxyl groups excluding tert-OH is 3. The van der Waals surface area contributed by atoms with Crippen LogP contribution in [0.25, 0.3) is 0 Å². The zero-order chi connectivity index (χ0) is 81.3. The minimum Gasteiger partial charge on any atom is -0.468 e. The zero-order valence-corrected chi connectivity index (χ0v) is 75.6. The Labute approximate surface area is 680 Å². The Morgan fingerprint density at radius 1 is 0.378 bits per heavy atom. The second kappa shape index (κ2) is 31.3. The average molecular weight is 1540 g/mol. The summed E-state index contributed by atoms with van der Waals surface area (Å²) in [6.45, 7) is 67.7. The van der Waals surface area contributed by atoms with E-state index in [0.29, 0.717) is 153 Å². The highest BCUT2D eigenvalue weighted by Gasteiger charge is 2.75. The van der Waals surface area contributed by atoms with E-state index < -0.39 is 0 Å². The molecule has 0 bridgehead atoms. The van der Waals surface area contributed by atoms with Crippen LogP contribution in [0, 0.1) is 170 Å². The molecule has 111 heavy (non-hydrogen) atoms. The Kier molecular flexibility index (Phi) is 24.7. The molecule has 3 N–H and O–H groups in total. The highest BCUT2D eigenvalue weighted by Crippen LogP contribution is 2.82. The van der Waals surface area contributed by atoms with Crippen molar-refractivity contribution in [3.05, 3.63) is 36.5 Å². The molecule has 0 aliphatic heterocycles. The fourth-order valence-corrected chi connectivity index (χ4v) is 35.9. The summed E-state index contributed by atoms with van der Waals surface area (Å²) in [5, 5.41) is 32.5. The number of esters is 2. The lowest BCUT2D eigenvalue weighted by molar-refractivity contribution is -0.250. The predicted octanol–water partition coefficient (Wildman–Crippen LogP) is 25.3. The van der Waals surface area contributed by atoms with Crippen molar-refractivity contribution in [3.8, 4) is 0 Å². The maximum Gasteiger partial charge on any atom is 0.305 e. The van der Waals surface area contributed by atoms with Gasteiger partial charge in [0.2, 0.25) is 0 Å². The lowest BCUT2D eigenvalue weighted by Crippen LogP contribution is -2.66. The first kappa shape index (κ1) is 87.8. The molecule has 15 rings (SSSR count). The largest absolute Gasteiger partial charge is 0.468 e. The standard InChI is InChI=1S/C34H56O3.C34H56O2.C30H50O2.C4H8O2/c1-9-10-28(36)37-21-34-18-13-23(22(2)3)29(34)24-11-12-26-31(6)16-15-27(35)30(4,5)25(31)14-17-33(26,8)32(24,7)19-20-34;1-9-11-28(35)36-22-34-19-14-24(23(2)3)29(34)25-12-13-27-31(6)17-10-16-30(4,5)26(31)15-18-33(27,8)32(25,7)20-21-34;1-19(2)20-10-15-30(18-31)17-16-28(6)21(25(20)30)8-9-23-27(5)13-12-24(32)26(3,4)22(27)11-14-29(23,28)7;1-2-3-6-4-5/h23-27,29,35H,2,9-21H2,1,3-8H3;24-27,29H,2,9-22H2,1,3-8H3;20-25,31-32H,1,8-18H2,2-7H3;4H,2-3H2,1H3/t23-,24+,25-,26+,27-,29+,31-,32+,33+,34+;24-,25+,26-,27+,29+,31-,32+,33+,34+;20-,21+,22-,23+,24-,25+,27-,28+,29+,30+;/m000./s1. The summed E-state index contributed by atoms with van der Waals surface area (Å²) in [5.74, 6) is 10.2. The molecular formula is C102H170O9. The molecule has 0 aromatic rings. The Morgan fingerprint density at radius 3 is 1.05 bits per heavy atom. The first-order chi connectivity index (χ1) is 51.9.